The second-order valence-electron chi connectivity index (χ2n) is 6.27. The highest BCUT2D eigenvalue weighted by atomic mass is 32.2. The molecule has 2 aromatic carbocycles. The number of hydrogen-bond acceptors (Lipinski definition) is 3. The van der Waals surface area contributed by atoms with Crippen LogP contribution in [-0.4, -0.2) is 16.2 Å². The van der Waals surface area contributed by atoms with E-state index in [1.54, 1.807) is 11.8 Å². The number of pyridine rings is 1. The molecule has 2 N–H and O–H groups in total. The fourth-order valence-corrected chi connectivity index (χ4v) is 3.79. The number of aromatic amines is 1. The molecule has 130 valence electrons. The number of benzene rings is 2. The van der Waals surface area contributed by atoms with Crippen LogP contribution in [0.5, 0.6) is 0 Å². The van der Waals surface area contributed by atoms with Crippen LogP contribution in [0.25, 0.3) is 10.9 Å². The largest absolute Gasteiger partial charge is 0.359 e. The van der Waals surface area contributed by atoms with Crippen LogP contribution in [-0.2, 0) is 0 Å². The van der Waals surface area contributed by atoms with Crippen molar-refractivity contribution in [2.24, 2.45) is 0 Å². The maximum Gasteiger partial charge on any atom is 0.126 e. The average Bonchev–Trinajstić information content (AvgIpc) is 3.03. The number of aryl methyl sites for hydroxylation is 1. The van der Waals surface area contributed by atoms with E-state index in [9.17, 15) is 0 Å². The lowest BCUT2D eigenvalue weighted by Gasteiger charge is -2.21. The zero-order valence-electron chi connectivity index (χ0n) is 14.9. The minimum absolute atomic E-state index is 0.0250. The molecule has 4 rings (SSSR count). The number of hydrogen-bond donors (Lipinski definition) is 2. The summed E-state index contributed by atoms with van der Waals surface area (Å²) in [5, 5.41) is 4.87. The quantitative estimate of drug-likeness (QED) is 0.443. The zero-order chi connectivity index (χ0) is 17.9. The molecule has 0 aliphatic rings. The molecule has 0 amide bonds. The monoisotopic (exact) mass is 359 g/mol. The summed E-state index contributed by atoms with van der Waals surface area (Å²) in [5.41, 5.74) is 4.83. The van der Waals surface area contributed by atoms with E-state index in [0.717, 1.165) is 11.3 Å². The number of H-pyrrole nitrogens is 1. The molecule has 2 heterocycles. The lowest BCUT2D eigenvalue weighted by Crippen LogP contribution is -2.14. The van der Waals surface area contributed by atoms with Crippen molar-refractivity contribution in [3.63, 3.8) is 0 Å². The highest BCUT2D eigenvalue weighted by molar-refractivity contribution is 7.98. The zero-order valence-corrected chi connectivity index (χ0v) is 15.7. The van der Waals surface area contributed by atoms with Crippen molar-refractivity contribution < 1.29 is 0 Å². The van der Waals surface area contributed by atoms with E-state index in [4.69, 9.17) is 0 Å². The molecule has 0 radical (unpaired) electrons. The van der Waals surface area contributed by atoms with E-state index < -0.39 is 0 Å². The van der Waals surface area contributed by atoms with Crippen LogP contribution in [0.1, 0.15) is 22.9 Å². The highest BCUT2D eigenvalue weighted by Gasteiger charge is 2.21. The van der Waals surface area contributed by atoms with Gasteiger partial charge < -0.3 is 10.3 Å². The van der Waals surface area contributed by atoms with Crippen molar-refractivity contribution in [1.82, 2.24) is 9.97 Å². The summed E-state index contributed by atoms with van der Waals surface area (Å²) < 4.78 is 0. The summed E-state index contributed by atoms with van der Waals surface area (Å²) in [6.45, 7) is 2.14. The number of rotatable bonds is 5. The van der Waals surface area contributed by atoms with E-state index in [0.29, 0.717) is 0 Å². The third-order valence-electron chi connectivity index (χ3n) is 4.64. The third kappa shape index (κ3) is 3.20. The number of fused-ring (bicyclic) bond motifs is 1. The normalized spacial score (nSPS) is 12.2. The van der Waals surface area contributed by atoms with Gasteiger partial charge in [-0.1, -0.05) is 36.4 Å². The Balaban J connectivity index is 1.85. The van der Waals surface area contributed by atoms with Gasteiger partial charge in [-0.2, -0.15) is 0 Å². The van der Waals surface area contributed by atoms with Crippen LogP contribution in [0.4, 0.5) is 5.82 Å². The molecule has 0 bridgehead atoms. The summed E-state index contributed by atoms with van der Waals surface area (Å²) in [6.07, 6.45) is 3.92. The number of anilines is 1. The number of para-hydroxylation sites is 1. The molecule has 0 aliphatic heterocycles. The topological polar surface area (TPSA) is 40.7 Å². The second kappa shape index (κ2) is 7.26. The maximum atomic E-state index is 4.47. The number of nitrogens with zero attached hydrogens (tertiary/aromatic N) is 1. The Morgan fingerprint density at radius 3 is 2.46 bits per heavy atom. The Hall–Kier alpha value is -2.72. The van der Waals surface area contributed by atoms with Crippen molar-refractivity contribution in [1.29, 1.82) is 0 Å². The molecule has 0 saturated heterocycles. The van der Waals surface area contributed by atoms with Gasteiger partial charge in [-0.25, -0.2) is 4.98 Å². The lowest BCUT2D eigenvalue weighted by atomic mass is 9.96. The fourth-order valence-electron chi connectivity index (χ4n) is 3.38. The van der Waals surface area contributed by atoms with Gasteiger partial charge in [0.15, 0.2) is 0 Å². The van der Waals surface area contributed by atoms with Crippen molar-refractivity contribution in [2.45, 2.75) is 17.9 Å². The molecule has 26 heavy (non-hydrogen) atoms. The van der Waals surface area contributed by atoms with Gasteiger partial charge in [0.2, 0.25) is 0 Å². The molecule has 1 atom stereocenters. The molecule has 3 nitrogen and oxygen atoms in total. The average molecular weight is 359 g/mol. The van der Waals surface area contributed by atoms with Crippen LogP contribution in [0.2, 0.25) is 0 Å². The molecule has 2 aromatic heterocycles. The highest BCUT2D eigenvalue weighted by Crippen LogP contribution is 2.34. The van der Waals surface area contributed by atoms with Crippen LogP contribution < -0.4 is 5.32 Å². The first-order valence-electron chi connectivity index (χ1n) is 8.65. The molecular weight excluding hydrogens is 338 g/mol. The summed E-state index contributed by atoms with van der Waals surface area (Å²) in [4.78, 5) is 9.26. The fraction of sp³-hybridized carbons (Fsp3) is 0.136. The van der Waals surface area contributed by atoms with Crippen molar-refractivity contribution in [3.8, 4) is 0 Å². The first-order valence-corrected chi connectivity index (χ1v) is 9.87. The smallest absolute Gasteiger partial charge is 0.126 e. The Bertz CT molecular complexity index is 1010. The Kier molecular flexibility index (Phi) is 4.67. The standard InChI is InChI=1S/C22H21N3S/c1-15-21(18-7-3-4-8-19(18)24-15)22(25-20-9-5-6-14-23-20)16-10-12-17(26-2)13-11-16/h3-14,22,24H,1-2H3,(H,23,25)/t22-/m0/s1. The molecule has 0 unspecified atom stereocenters. The van der Waals surface area contributed by atoms with Gasteiger partial charge in [-0.3, -0.25) is 0 Å². The molecule has 0 saturated carbocycles. The first kappa shape index (κ1) is 16.7. The van der Waals surface area contributed by atoms with Crippen LogP contribution in [0.15, 0.2) is 77.8 Å². The Morgan fingerprint density at radius 1 is 0.962 bits per heavy atom. The Morgan fingerprint density at radius 2 is 1.73 bits per heavy atom. The summed E-state index contributed by atoms with van der Waals surface area (Å²) >= 11 is 1.76. The summed E-state index contributed by atoms with van der Waals surface area (Å²) in [5.74, 6) is 0.871. The van der Waals surface area contributed by atoms with Gasteiger partial charge in [-0.15, -0.1) is 11.8 Å². The van der Waals surface area contributed by atoms with Crippen LogP contribution in [0, 0.1) is 6.92 Å². The third-order valence-corrected chi connectivity index (χ3v) is 5.38. The molecule has 4 aromatic rings. The van der Waals surface area contributed by atoms with Crippen molar-refractivity contribution in [3.05, 3.63) is 89.7 Å². The van der Waals surface area contributed by atoms with Crippen molar-refractivity contribution in [2.75, 3.05) is 11.6 Å². The van der Waals surface area contributed by atoms with E-state index >= 15 is 0 Å². The number of aromatic nitrogens is 2. The Labute approximate surface area is 157 Å². The minimum Gasteiger partial charge on any atom is -0.359 e. The number of thioether (sulfide) groups is 1. The summed E-state index contributed by atoms with van der Waals surface area (Å²) in [6, 6.07) is 23.2. The van der Waals surface area contributed by atoms with Gasteiger partial charge >= 0.3 is 0 Å². The van der Waals surface area contributed by atoms with Gasteiger partial charge in [0.25, 0.3) is 0 Å². The van der Waals surface area contributed by atoms with E-state index in [1.165, 1.54) is 27.1 Å². The maximum absolute atomic E-state index is 4.47. The van der Waals surface area contributed by atoms with Gasteiger partial charge in [0, 0.05) is 33.3 Å². The SMILES string of the molecule is CSc1ccc([C@H](Nc2ccccn2)c2c(C)[nH]c3ccccc23)cc1. The van der Waals surface area contributed by atoms with E-state index in [1.807, 2.05) is 24.4 Å². The van der Waals surface area contributed by atoms with Gasteiger partial charge in [0.05, 0.1) is 6.04 Å². The number of nitrogens with one attached hydrogen (secondary N) is 2. The lowest BCUT2D eigenvalue weighted by molar-refractivity contribution is 0.919. The molecule has 4 heteroatoms. The second-order valence-corrected chi connectivity index (χ2v) is 7.15. The molecule has 0 fully saturated rings. The van der Waals surface area contributed by atoms with E-state index in [2.05, 4.69) is 77.0 Å². The van der Waals surface area contributed by atoms with Crippen molar-refractivity contribution >= 4 is 28.5 Å². The van der Waals surface area contributed by atoms with E-state index in [-0.39, 0.29) is 6.04 Å². The van der Waals surface area contributed by atoms with Gasteiger partial charge in [0.1, 0.15) is 5.82 Å². The molecular formula is C22H21N3S. The predicted molar refractivity (Wildman–Crippen MR) is 111 cm³/mol. The van der Waals surface area contributed by atoms with Crippen LogP contribution >= 0.6 is 11.8 Å². The van der Waals surface area contributed by atoms with Gasteiger partial charge in [-0.05, 0) is 49.1 Å². The molecule has 0 spiro atoms. The summed E-state index contributed by atoms with van der Waals surface area (Å²) in [7, 11) is 0. The molecule has 0 aliphatic carbocycles. The van der Waals surface area contributed by atoms with Crippen LogP contribution in [0.3, 0.4) is 0 Å². The minimum atomic E-state index is 0.0250. The first-order chi connectivity index (χ1) is 12.8. The predicted octanol–water partition coefficient (Wildman–Crippen LogP) is 5.79.